The molecule has 0 saturated carbocycles. The second-order valence-corrected chi connectivity index (χ2v) is 9.97. The number of hydrogen-bond acceptors (Lipinski definition) is 7. The maximum Gasteiger partial charge on any atom is 0.410 e. The Morgan fingerprint density at radius 2 is 1.94 bits per heavy atom. The average Bonchev–Trinajstić information content (AvgIpc) is 3.10. The molecule has 0 unspecified atom stereocenters. The molecule has 0 aliphatic carbocycles. The quantitative estimate of drug-likeness (QED) is 0.490. The highest BCUT2D eigenvalue weighted by Crippen LogP contribution is 2.38. The van der Waals surface area contributed by atoms with Gasteiger partial charge in [0.2, 0.25) is 0 Å². The van der Waals surface area contributed by atoms with Crippen LogP contribution in [0, 0.1) is 0 Å². The Labute approximate surface area is 190 Å². The number of hydrogen-bond donors (Lipinski definition) is 1. The Kier molecular flexibility index (Phi) is 7.61. The molecule has 7 nitrogen and oxygen atoms in total. The van der Waals surface area contributed by atoms with E-state index in [2.05, 4.69) is 19.2 Å². The molecule has 2 aromatic rings. The molecule has 0 fully saturated rings. The van der Waals surface area contributed by atoms with Crippen LogP contribution >= 0.6 is 23.1 Å². The molecule has 1 aliphatic heterocycles. The van der Waals surface area contributed by atoms with Gasteiger partial charge in [-0.1, -0.05) is 13.8 Å². The van der Waals surface area contributed by atoms with Crippen molar-refractivity contribution in [3.8, 4) is 0 Å². The number of thioether (sulfide) groups is 1. The molecule has 2 heterocycles. The molecule has 0 bridgehead atoms. The van der Waals surface area contributed by atoms with Gasteiger partial charge in [0.15, 0.2) is 0 Å². The number of carbonyl (C=O) groups excluding carboxylic acids is 3. The number of thiophene rings is 1. The van der Waals surface area contributed by atoms with E-state index in [9.17, 15) is 14.4 Å². The fourth-order valence-electron chi connectivity index (χ4n) is 3.31. The van der Waals surface area contributed by atoms with Crippen molar-refractivity contribution < 1.29 is 23.9 Å². The number of fused-ring (bicyclic) bond motifs is 1. The van der Waals surface area contributed by atoms with E-state index in [0.717, 1.165) is 15.3 Å². The zero-order valence-electron chi connectivity index (χ0n) is 18.0. The number of esters is 1. The van der Waals surface area contributed by atoms with E-state index in [-0.39, 0.29) is 12.0 Å². The smallest absolute Gasteiger partial charge is 0.410 e. The largest absolute Gasteiger partial charge is 0.465 e. The minimum Gasteiger partial charge on any atom is -0.465 e. The molecule has 9 heteroatoms. The molecule has 0 atom stereocenters. The number of rotatable bonds is 6. The lowest BCUT2D eigenvalue weighted by atomic mass is 10.0. The summed E-state index contributed by atoms with van der Waals surface area (Å²) in [5.74, 6) is -0.798. The van der Waals surface area contributed by atoms with Gasteiger partial charge < -0.3 is 19.7 Å². The van der Waals surface area contributed by atoms with Crippen LogP contribution in [0.1, 0.15) is 51.9 Å². The second kappa shape index (κ2) is 10.2. The van der Waals surface area contributed by atoms with Gasteiger partial charge in [-0.25, -0.2) is 9.59 Å². The van der Waals surface area contributed by atoms with Gasteiger partial charge in [-0.2, -0.15) is 0 Å². The van der Waals surface area contributed by atoms with Crippen molar-refractivity contribution in [3.63, 3.8) is 0 Å². The lowest BCUT2D eigenvalue weighted by molar-refractivity contribution is 0.0600. The van der Waals surface area contributed by atoms with Crippen LogP contribution in [-0.2, 0) is 22.4 Å². The Bertz CT molecular complexity index is 969. The van der Waals surface area contributed by atoms with Crippen LogP contribution in [0.4, 0.5) is 9.80 Å². The van der Waals surface area contributed by atoms with Crippen molar-refractivity contribution in [3.05, 3.63) is 45.8 Å². The molecular formula is C22H26N2O5S2. The molecule has 0 saturated heterocycles. The van der Waals surface area contributed by atoms with Gasteiger partial charge in [-0.3, -0.25) is 4.79 Å². The molecule has 1 aliphatic rings. The van der Waals surface area contributed by atoms with Gasteiger partial charge in [0.25, 0.3) is 5.91 Å². The van der Waals surface area contributed by atoms with Crippen molar-refractivity contribution in [2.75, 3.05) is 25.6 Å². The highest BCUT2D eigenvalue weighted by Gasteiger charge is 2.31. The van der Waals surface area contributed by atoms with E-state index in [1.165, 1.54) is 18.4 Å². The van der Waals surface area contributed by atoms with Gasteiger partial charge in [0.1, 0.15) is 5.00 Å². The van der Waals surface area contributed by atoms with Crippen LogP contribution in [-0.4, -0.2) is 48.4 Å². The van der Waals surface area contributed by atoms with Crippen molar-refractivity contribution in [2.45, 2.75) is 43.9 Å². The monoisotopic (exact) mass is 462 g/mol. The predicted octanol–water partition coefficient (Wildman–Crippen LogP) is 4.80. The lowest BCUT2D eigenvalue weighted by Gasteiger charge is -2.26. The molecule has 1 aromatic carbocycles. The third-order valence-corrected chi connectivity index (χ3v) is 6.84. The Morgan fingerprint density at radius 1 is 1.23 bits per heavy atom. The van der Waals surface area contributed by atoms with Crippen LogP contribution in [0.3, 0.4) is 0 Å². The zero-order valence-corrected chi connectivity index (χ0v) is 19.7. The van der Waals surface area contributed by atoms with Crippen LogP contribution in [0.5, 0.6) is 0 Å². The van der Waals surface area contributed by atoms with Crippen molar-refractivity contribution >= 4 is 46.1 Å². The van der Waals surface area contributed by atoms with Gasteiger partial charge in [-0.15, -0.1) is 23.1 Å². The van der Waals surface area contributed by atoms with Crippen molar-refractivity contribution in [1.82, 2.24) is 4.90 Å². The predicted molar refractivity (Wildman–Crippen MR) is 122 cm³/mol. The normalized spacial score (nSPS) is 13.0. The van der Waals surface area contributed by atoms with Crippen molar-refractivity contribution in [2.24, 2.45) is 0 Å². The number of carbonyl (C=O) groups is 3. The summed E-state index contributed by atoms with van der Waals surface area (Å²) in [5.41, 5.74) is 1.69. The van der Waals surface area contributed by atoms with E-state index in [1.807, 2.05) is 12.1 Å². The second-order valence-electron chi connectivity index (χ2n) is 7.22. The highest BCUT2D eigenvalue weighted by atomic mass is 32.2. The summed E-state index contributed by atoms with van der Waals surface area (Å²) in [6, 6.07) is 7.37. The summed E-state index contributed by atoms with van der Waals surface area (Å²) in [5, 5.41) is 3.76. The lowest BCUT2D eigenvalue weighted by Crippen LogP contribution is -2.36. The molecule has 2 amide bonds. The SMILES string of the molecule is CCOC(=O)N1CCc2c(sc(NC(=O)c3ccc(SC(C)C)cc3)c2C(=O)OC)C1. The fraction of sp³-hybridized carbons (Fsp3) is 0.409. The van der Waals surface area contributed by atoms with Crippen LogP contribution in [0.15, 0.2) is 29.2 Å². The van der Waals surface area contributed by atoms with E-state index in [4.69, 9.17) is 9.47 Å². The summed E-state index contributed by atoms with van der Waals surface area (Å²) in [7, 11) is 1.32. The molecule has 31 heavy (non-hydrogen) atoms. The summed E-state index contributed by atoms with van der Waals surface area (Å²) >= 11 is 3.02. The average molecular weight is 463 g/mol. The first-order valence-electron chi connectivity index (χ1n) is 10.1. The van der Waals surface area contributed by atoms with E-state index >= 15 is 0 Å². The summed E-state index contributed by atoms with van der Waals surface area (Å²) in [4.78, 5) is 40.9. The number of nitrogens with zero attached hydrogens (tertiary/aromatic N) is 1. The van der Waals surface area contributed by atoms with E-state index in [1.54, 1.807) is 35.7 Å². The molecule has 166 valence electrons. The maximum absolute atomic E-state index is 12.8. The Hall–Kier alpha value is -2.52. The highest BCUT2D eigenvalue weighted by molar-refractivity contribution is 7.99. The summed E-state index contributed by atoms with van der Waals surface area (Å²) in [6.07, 6.45) is 0.109. The first-order valence-corrected chi connectivity index (χ1v) is 11.8. The fourth-order valence-corrected chi connectivity index (χ4v) is 5.40. The zero-order chi connectivity index (χ0) is 22.5. The summed E-state index contributed by atoms with van der Waals surface area (Å²) < 4.78 is 10.0. The van der Waals surface area contributed by atoms with Crippen LogP contribution < -0.4 is 5.32 Å². The van der Waals surface area contributed by atoms with E-state index < -0.39 is 5.97 Å². The number of ether oxygens (including phenoxy) is 2. The summed E-state index contributed by atoms with van der Waals surface area (Å²) in [6.45, 7) is 7.06. The minimum atomic E-state index is -0.499. The number of anilines is 1. The first-order chi connectivity index (χ1) is 14.8. The molecule has 1 aromatic heterocycles. The third-order valence-electron chi connectivity index (χ3n) is 4.69. The number of methoxy groups -OCH3 is 1. The molecule has 1 N–H and O–H groups in total. The van der Waals surface area contributed by atoms with Gasteiger partial charge in [-0.05, 0) is 43.2 Å². The Morgan fingerprint density at radius 3 is 2.55 bits per heavy atom. The van der Waals surface area contributed by atoms with Gasteiger partial charge in [0, 0.05) is 27.1 Å². The topological polar surface area (TPSA) is 84.9 Å². The van der Waals surface area contributed by atoms with Crippen LogP contribution in [0.25, 0.3) is 0 Å². The van der Waals surface area contributed by atoms with Gasteiger partial charge >= 0.3 is 12.1 Å². The number of nitrogens with one attached hydrogen (secondary N) is 1. The number of amides is 2. The Balaban J connectivity index is 1.83. The number of benzene rings is 1. The molecule has 0 radical (unpaired) electrons. The molecule has 3 rings (SSSR count). The van der Waals surface area contributed by atoms with E-state index in [0.29, 0.717) is 47.5 Å². The first kappa shape index (κ1) is 23.1. The molecule has 0 spiro atoms. The van der Waals surface area contributed by atoms with Gasteiger partial charge in [0.05, 0.1) is 25.8 Å². The minimum absolute atomic E-state index is 0.299. The third kappa shape index (κ3) is 5.40. The van der Waals surface area contributed by atoms with Crippen molar-refractivity contribution in [1.29, 1.82) is 0 Å². The van der Waals surface area contributed by atoms with Crippen LogP contribution in [0.2, 0.25) is 0 Å². The standard InChI is InChI=1S/C22H26N2O5S2/c1-5-29-22(27)24-11-10-16-17(12-24)31-20(18(16)21(26)28-4)23-19(25)14-6-8-15(9-7-14)30-13(2)3/h6-9,13H,5,10-12H2,1-4H3,(H,23,25). The maximum atomic E-state index is 12.8. The molecular weight excluding hydrogens is 436 g/mol.